The van der Waals surface area contributed by atoms with Crippen LogP contribution in [0.4, 0.5) is 0 Å². The Hall–Kier alpha value is -1.74. The van der Waals surface area contributed by atoms with Gasteiger partial charge in [-0.3, -0.25) is 5.32 Å². The smallest absolute Gasteiger partial charge is 0.162 e. The van der Waals surface area contributed by atoms with E-state index in [9.17, 15) is 10.2 Å². The number of nitrogens with one attached hydrogen (secondary N) is 1. The van der Waals surface area contributed by atoms with E-state index in [-0.39, 0.29) is 17.6 Å². The summed E-state index contributed by atoms with van der Waals surface area (Å²) in [4.78, 5) is 0. The molecule has 0 aromatic heterocycles. The molecule has 3 N–H and O–H groups in total. The Bertz CT molecular complexity index is 636. The third-order valence-corrected chi connectivity index (χ3v) is 5.32. The molecule has 0 bridgehead atoms. The molecule has 4 atom stereocenters. The normalized spacial score (nSPS) is 37.9. The van der Waals surface area contributed by atoms with Gasteiger partial charge in [0.15, 0.2) is 11.5 Å². The van der Waals surface area contributed by atoms with Crippen LogP contribution in [0.2, 0.25) is 0 Å². The third-order valence-electron chi connectivity index (χ3n) is 5.32. The number of aliphatic hydroxyl groups is 2. The molecule has 0 radical (unpaired) electrons. The van der Waals surface area contributed by atoms with Crippen molar-refractivity contribution in [3.05, 3.63) is 58.6 Å². The number of hydrogen-bond donors (Lipinski definition) is 3. The highest BCUT2D eigenvalue weighted by Crippen LogP contribution is 2.43. The van der Waals surface area contributed by atoms with Crippen molar-refractivity contribution in [3.8, 4) is 0 Å². The molecule has 110 valence electrons. The second-order valence-electron chi connectivity index (χ2n) is 6.62. The van der Waals surface area contributed by atoms with Crippen LogP contribution in [0.3, 0.4) is 0 Å². The highest BCUT2D eigenvalue weighted by molar-refractivity contribution is 5.53. The molecule has 0 aromatic rings. The minimum Gasteiger partial charge on any atom is -0.504 e. The third kappa shape index (κ3) is 1.91. The summed E-state index contributed by atoms with van der Waals surface area (Å²) in [7, 11) is 0. The zero-order chi connectivity index (χ0) is 14.6. The van der Waals surface area contributed by atoms with Crippen LogP contribution in [0.15, 0.2) is 58.6 Å². The molecule has 0 saturated carbocycles. The van der Waals surface area contributed by atoms with Gasteiger partial charge in [-0.2, -0.15) is 0 Å². The molecule has 0 aromatic carbocycles. The summed E-state index contributed by atoms with van der Waals surface area (Å²) in [6, 6.07) is 0.363. The Morgan fingerprint density at radius 2 is 2.10 bits per heavy atom. The van der Waals surface area contributed by atoms with E-state index in [4.69, 9.17) is 0 Å². The fraction of sp³-hybridized carbons (Fsp3) is 0.444. The average molecular weight is 283 g/mol. The molecule has 0 amide bonds. The van der Waals surface area contributed by atoms with Gasteiger partial charge >= 0.3 is 0 Å². The molecule has 3 aliphatic carbocycles. The van der Waals surface area contributed by atoms with Crippen molar-refractivity contribution < 1.29 is 10.2 Å². The van der Waals surface area contributed by atoms with Gasteiger partial charge in [0.25, 0.3) is 0 Å². The van der Waals surface area contributed by atoms with Crippen molar-refractivity contribution in [2.45, 2.75) is 38.3 Å². The quantitative estimate of drug-likeness (QED) is 0.597. The van der Waals surface area contributed by atoms with E-state index >= 15 is 0 Å². The zero-order valence-corrected chi connectivity index (χ0v) is 12.2. The van der Waals surface area contributed by atoms with Gasteiger partial charge in [-0.15, -0.1) is 0 Å². The van der Waals surface area contributed by atoms with Gasteiger partial charge in [0.1, 0.15) is 0 Å². The Morgan fingerprint density at radius 1 is 1.24 bits per heavy atom. The summed E-state index contributed by atoms with van der Waals surface area (Å²) < 4.78 is 0. The van der Waals surface area contributed by atoms with Gasteiger partial charge in [-0.25, -0.2) is 0 Å². The first-order chi connectivity index (χ1) is 10.1. The van der Waals surface area contributed by atoms with Crippen LogP contribution in [-0.4, -0.2) is 22.3 Å². The number of rotatable bonds is 0. The van der Waals surface area contributed by atoms with Crippen molar-refractivity contribution in [2.24, 2.45) is 11.8 Å². The predicted octanol–water partition coefficient (Wildman–Crippen LogP) is 3.45. The van der Waals surface area contributed by atoms with E-state index in [0.717, 1.165) is 18.4 Å². The monoisotopic (exact) mass is 283 g/mol. The maximum atomic E-state index is 10.2. The van der Waals surface area contributed by atoms with E-state index in [0.29, 0.717) is 17.9 Å². The van der Waals surface area contributed by atoms with Gasteiger partial charge in [0.05, 0.1) is 6.04 Å². The SMILES string of the molecule is CC1CC2CC=CCC2=C2C=C3C(O)=C(O)C=C[C@H]3NC21. The van der Waals surface area contributed by atoms with Crippen molar-refractivity contribution in [3.63, 3.8) is 0 Å². The van der Waals surface area contributed by atoms with Gasteiger partial charge in [0, 0.05) is 11.6 Å². The van der Waals surface area contributed by atoms with Crippen LogP contribution in [0.5, 0.6) is 0 Å². The fourth-order valence-corrected chi connectivity index (χ4v) is 4.23. The average Bonchev–Trinajstić information content (AvgIpc) is 2.50. The molecule has 21 heavy (non-hydrogen) atoms. The lowest BCUT2D eigenvalue weighted by molar-refractivity contribution is 0.293. The summed E-state index contributed by atoms with van der Waals surface area (Å²) >= 11 is 0. The second kappa shape index (κ2) is 4.63. The molecule has 1 heterocycles. The van der Waals surface area contributed by atoms with Crippen LogP contribution in [0, 0.1) is 11.8 Å². The number of hydrogen-bond acceptors (Lipinski definition) is 3. The molecule has 0 fully saturated rings. The van der Waals surface area contributed by atoms with E-state index in [2.05, 4.69) is 30.5 Å². The van der Waals surface area contributed by atoms with Crippen LogP contribution < -0.4 is 5.32 Å². The topological polar surface area (TPSA) is 52.5 Å². The van der Waals surface area contributed by atoms with Gasteiger partial charge in [-0.1, -0.05) is 30.7 Å². The molecule has 0 saturated heterocycles. The molecular formula is C18H21NO2. The Balaban J connectivity index is 1.85. The molecule has 4 rings (SSSR count). The van der Waals surface area contributed by atoms with Gasteiger partial charge in [0.2, 0.25) is 0 Å². The minimum absolute atomic E-state index is 0.00776. The lowest BCUT2D eigenvalue weighted by atomic mass is 9.68. The lowest BCUT2D eigenvalue weighted by Crippen LogP contribution is -2.50. The van der Waals surface area contributed by atoms with E-state index in [1.54, 1.807) is 6.08 Å². The molecule has 4 aliphatic rings. The van der Waals surface area contributed by atoms with Gasteiger partial charge < -0.3 is 10.2 Å². The summed E-state index contributed by atoms with van der Waals surface area (Å²) in [5, 5.41) is 23.6. The first-order valence-corrected chi connectivity index (χ1v) is 7.81. The van der Waals surface area contributed by atoms with E-state index < -0.39 is 0 Å². The number of aliphatic hydroxyl groups excluding tert-OH is 2. The van der Waals surface area contributed by atoms with Crippen LogP contribution in [0.1, 0.15) is 26.2 Å². The summed E-state index contributed by atoms with van der Waals surface area (Å²) in [6.07, 6.45) is 13.6. The summed E-state index contributed by atoms with van der Waals surface area (Å²) in [6.45, 7) is 2.31. The van der Waals surface area contributed by atoms with Crippen molar-refractivity contribution in [1.82, 2.24) is 5.32 Å². The first-order valence-electron chi connectivity index (χ1n) is 7.81. The molecule has 3 unspecified atom stereocenters. The maximum absolute atomic E-state index is 10.2. The highest BCUT2D eigenvalue weighted by Gasteiger charge is 2.39. The van der Waals surface area contributed by atoms with Crippen molar-refractivity contribution in [1.29, 1.82) is 0 Å². The molecule has 3 heteroatoms. The highest BCUT2D eigenvalue weighted by atomic mass is 16.3. The van der Waals surface area contributed by atoms with Crippen molar-refractivity contribution >= 4 is 0 Å². The van der Waals surface area contributed by atoms with Crippen LogP contribution in [-0.2, 0) is 0 Å². The molecule has 1 aliphatic heterocycles. The fourth-order valence-electron chi connectivity index (χ4n) is 4.23. The predicted molar refractivity (Wildman–Crippen MR) is 82.9 cm³/mol. The summed E-state index contributed by atoms with van der Waals surface area (Å²) in [5.74, 6) is 1.22. The standard InChI is InChI=1S/C18H21NO2/c1-10-8-11-4-2-3-5-12(11)13-9-14-15(19-17(10)13)6-7-16(20)18(14)21/h2-3,6-7,9-11,15,17,19-21H,4-5,8H2,1H3/t10?,11?,15-,17?/m1/s1. The van der Waals surface area contributed by atoms with Gasteiger partial charge in [-0.05, 0) is 48.8 Å². The second-order valence-corrected chi connectivity index (χ2v) is 6.62. The number of fused-ring (bicyclic) bond motifs is 3. The van der Waals surface area contributed by atoms with E-state index in [1.807, 2.05) is 6.08 Å². The largest absolute Gasteiger partial charge is 0.504 e. The summed E-state index contributed by atoms with van der Waals surface area (Å²) in [5.41, 5.74) is 3.65. The Morgan fingerprint density at radius 3 is 2.95 bits per heavy atom. The Labute approximate surface area is 125 Å². The van der Waals surface area contributed by atoms with E-state index in [1.165, 1.54) is 17.6 Å². The molecule has 3 nitrogen and oxygen atoms in total. The van der Waals surface area contributed by atoms with Crippen molar-refractivity contribution in [2.75, 3.05) is 0 Å². The maximum Gasteiger partial charge on any atom is 0.162 e. The zero-order valence-electron chi connectivity index (χ0n) is 12.2. The minimum atomic E-state index is -0.0349. The molecule has 0 spiro atoms. The number of allylic oxidation sites excluding steroid dienone is 4. The van der Waals surface area contributed by atoms with Crippen LogP contribution >= 0.6 is 0 Å². The lowest BCUT2D eigenvalue weighted by Gasteiger charge is -2.44. The first kappa shape index (κ1) is 13.0. The Kier molecular flexibility index (Phi) is 2.86. The molecular weight excluding hydrogens is 262 g/mol. The van der Waals surface area contributed by atoms with Crippen LogP contribution in [0.25, 0.3) is 0 Å².